The van der Waals surface area contributed by atoms with Crippen LogP contribution in [0.25, 0.3) is 0 Å². The summed E-state index contributed by atoms with van der Waals surface area (Å²) in [5.41, 5.74) is -2.12. The van der Waals surface area contributed by atoms with Crippen LogP contribution >= 0.6 is 0 Å². The minimum absolute atomic E-state index is 0.0621. The van der Waals surface area contributed by atoms with E-state index in [9.17, 15) is 14.4 Å². The minimum atomic E-state index is -2.12. The van der Waals surface area contributed by atoms with Crippen LogP contribution < -0.4 is 5.32 Å². The number of carbonyl (C=O) groups excluding carboxylic acids is 3. The van der Waals surface area contributed by atoms with Crippen LogP contribution in [0.15, 0.2) is 0 Å². The summed E-state index contributed by atoms with van der Waals surface area (Å²) in [6.07, 6.45) is 1.32. The number of hydrogen-bond donors (Lipinski definition) is 1. The molecule has 1 saturated carbocycles. The summed E-state index contributed by atoms with van der Waals surface area (Å²) in [5, 5.41) is 2.55. The molecule has 0 atom stereocenters. The number of hydrogen-bond acceptors (Lipinski definition) is 7. The van der Waals surface area contributed by atoms with Crippen LogP contribution in [0.3, 0.4) is 0 Å². The Balaban J connectivity index is 3.11. The summed E-state index contributed by atoms with van der Waals surface area (Å²) in [7, 11) is 1.38. The molecule has 1 aliphatic carbocycles. The number of nitrogens with one attached hydrogen (secondary N) is 1. The van der Waals surface area contributed by atoms with Gasteiger partial charge in [0.1, 0.15) is 0 Å². The van der Waals surface area contributed by atoms with Gasteiger partial charge in [0.05, 0.1) is 19.9 Å². The van der Waals surface area contributed by atoms with Crippen LogP contribution in [-0.4, -0.2) is 50.3 Å². The standard InChI is InChI=1S/C13H21NO6/c1-4-19-11(16)13(14-8-18-3,12(17)20-5-2)10(15)9-6-7-9/h9,14H,4-8H2,1-3H3. The molecule has 7 nitrogen and oxygen atoms in total. The zero-order valence-electron chi connectivity index (χ0n) is 12.1. The molecule has 7 heteroatoms. The van der Waals surface area contributed by atoms with Crippen molar-refractivity contribution in [2.75, 3.05) is 27.1 Å². The first-order valence-corrected chi connectivity index (χ1v) is 6.67. The van der Waals surface area contributed by atoms with Gasteiger partial charge < -0.3 is 14.2 Å². The van der Waals surface area contributed by atoms with E-state index in [4.69, 9.17) is 14.2 Å². The van der Waals surface area contributed by atoms with Crippen molar-refractivity contribution in [1.82, 2.24) is 5.32 Å². The molecule has 0 aromatic heterocycles. The molecule has 0 radical (unpaired) electrons. The molecule has 0 bridgehead atoms. The highest BCUT2D eigenvalue weighted by Gasteiger charge is 2.59. The highest BCUT2D eigenvalue weighted by Crippen LogP contribution is 2.35. The van der Waals surface area contributed by atoms with E-state index in [0.29, 0.717) is 12.8 Å². The Labute approximate surface area is 117 Å². The van der Waals surface area contributed by atoms with Gasteiger partial charge >= 0.3 is 11.9 Å². The number of methoxy groups -OCH3 is 1. The third kappa shape index (κ3) is 3.34. The molecule has 0 aromatic carbocycles. The van der Waals surface area contributed by atoms with Crippen LogP contribution in [0.5, 0.6) is 0 Å². The molecule has 114 valence electrons. The molecule has 0 amide bonds. The number of esters is 2. The van der Waals surface area contributed by atoms with Crippen molar-refractivity contribution in [3.63, 3.8) is 0 Å². The van der Waals surface area contributed by atoms with Crippen molar-refractivity contribution in [2.45, 2.75) is 32.2 Å². The number of ether oxygens (including phenoxy) is 3. The average molecular weight is 287 g/mol. The van der Waals surface area contributed by atoms with Gasteiger partial charge in [0.2, 0.25) is 0 Å². The van der Waals surface area contributed by atoms with E-state index in [0.717, 1.165) is 0 Å². The molecule has 0 unspecified atom stereocenters. The van der Waals surface area contributed by atoms with Gasteiger partial charge in [-0.15, -0.1) is 0 Å². The Bertz CT molecular complexity index is 359. The predicted octanol–water partition coefficient (Wildman–Crippen LogP) is 0.0240. The molecule has 0 heterocycles. The zero-order valence-corrected chi connectivity index (χ0v) is 12.1. The number of Topliss-reactive ketones (excluding diaryl/α,β-unsaturated/α-hetero) is 1. The van der Waals surface area contributed by atoms with Crippen molar-refractivity contribution in [2.24, 2.45) is 5.92 Å². The molecule has 0 aromatic rings. The largest absolute Gasteiger partial charge is 0.464 e. The third-order valence-corrected chi connectivity index (χ3v) is 2.96. The maximum atomic E-state index is 12.4. The second kappa shape index (κ2) is 7.35. The first kappa shape index (κ1) is 16.6. The zero-order chi connectivity index (χ0) is 15.2. The monoisotopic (exact) mass is 287 g/mol. The Morgan fingerprint density at radius 2 is 1.60 bits per heavy atom. The maximum absolute atomic E-state index is 12.4. The molecular weight excluding hydrogens is 266 g/mol. The van der Waals surface area contributed by atoms with E-state index in [1.807, 2.05) is 0 Å². The van der Waals surface area contributed by atoms with Gasteiger partial charge in [-0.05, 0) is 26.7 Å². The molecule has 1 fully saturated rings. The summed E-state index contributed by atoms with van der Waals surface area (Å²) in [4.78, 5) is 36.8. The van der Waals surface area contributed by atoms with Gasteiger partial charge in [-0.1, -0.05) is 0 Å². The molecule has 1 aliphatic rings. The molecule has 0 saturated heterocycles. The van der Waals surface area contributed by atoms with E-state index in [1.165, 1.54) is 7.11 Å². The second-order valence-corrected chi connectivity index (χ2v) is 4.44. The van der Waals surface area contributed by atoms with E-state index in [2.05, 4.69) is 5.32 Å². The number of carbonyl (C=O) groups is 3. The minimum Gasteiger partial charge on any atom is -0.464 e. The maximum Gasteiger partial charge on any atom is 0.346 e. The average Bonchev–Trinajstić information content (AvgIpc) is 3.24. The molecule has 20 heavy (non-hydrogen) atoms. The molecular formula is C13H21NO6. The Morgan fingerprint density at radius 3 is 1.95 bits per heavy atom. The Hall–Kier alpha value is -1.47. The van der Waals surface area contributed by atoms with Gasteiger partial charge in [0.15, 0.2) is 5.78 Å². The summed E-state index contributed by atoms with van der Waals surface area (Å²) in [6, 6.07) is 0. The molecule has 1 N–H and O–H groups in total. The van der Waals surface area contributed by atoms with E-state index >= 15 is 0 Å². The van der Waals surface area contributed by atoms with E-state index in [1.54, 1.807) is 13.8 Å². The summed E-state index contributed by atoms with van der Waals surface area (Å²) in [5.74, 6) is -2.69. The topological polar surface area (TPSA) is 90.9 Å². The normalized spacial score (nSPS) is 14.8. The SMILES string of the molecule is CCOC(=O)C(NCOC)(C(=O)OCC)C(=O)C1CC1. The third-order valence-electron chi connectivity index (χ3n) is 2.96. The van der Waals surface area contributed by atoms with Gasteiger partial charge in [0, 0.05) is 13.0 Å². The molecule has 0 aliphatic heterocycles. The second-order valence-electron chi connectivity index (χ2n) is 4.44. The van der Waals surface area contributed by atoms with E-state index < -0.39 is 23.3 Å². The van der Waals surface area contributed by atoms with Crippen LogP contribution in [-0.2, 0) is 28.6 Å². The first-order valence-electron chi connectivity index (χ1n) is 6.67. The predicted molar refractivity (Wildman–Crippen MR) is 68.7 cm³/mol. The lowest BCUT2D eigenvalue weighted by atomic mass is 9.90. The quantitative estimate of drug-likeness (QED) is 0.363. The smallest absolute Gasteiger partial charge is 0.346 e. The lowest BCUT2D eigenvalue weighted by Gasteiger charge is -2.28. The lowest BCUT2D eigenvalue weighted by Crippen LogP contribution is -2.65. The number of ketones is 1. The Kier molecular flexibility index (Phi) is 6.09. The van der Waals surface area contributed by atoms with Gasteiger partial charge in [-0.2, -0.15) is 0 Å². The van der Waals surface area contributed by atoms with E-state index in [-0.39, 0.29) is 25.9 Å². The van der Waals surface area contributed by atoms with Crippen molar-refractivity contribution in [3.05, 3.63) is 0 Å². The van der Waals surface area contributed by atoms with Crippen molar-refractivity contribution in [1.29, 1.82) is 0 Å². The van der Waals surface area contributed by atoms with Crippen LogP contribution in [0.1, 0.15) is 26.7 Å². The van der Waals surface area contributed by atoms with Crippen molar-refractivity contribution >= 4 is 17.7 Å². The van der Waals surface area contributed by atoms with Crippen molar-refractivity contribution in [3.8, 4) is 0 Å². The lowest BCUT2D eigenvalue weighted by molar-refractivity contribution is -0.170. The highest BCUT2D eigenvalue weighted by molar-refractivity contribution is 6.26. The van der Waals surface area contributed by atoms with Gasteiger partial charge in [-0.25, -0.2) is 9.59 Å². The molecule has 0 spiro atoms. The van der Waals surface area contributed by atoms with Crippen molar-refractivity contribution < 1.29 is 28.6 Å². The number of rotatable bonds is 9. The fourth-order valence-corrected chi connectivity index (χ4v) is 1.83. The first-order chi connectivity index (χ1) is 9.54. The summed E-state index contributed by atoms with van der Waals surface area (Å²) in [6.45, 7) is 3.19. The molecule has 1 rings (SSSR count). The Morgan fingerprint density at radius 1 is 1.10 bits per heavy atom. The van der Waals surface area contributed by atoms with Gasteiger partial charge in [0.25, 0.3) is 5.54 Å². The highest BCUT2D eigenvalue weighted by atomic mass is 16.6. The van der Waals surface area contributed by atoms with Crippen LogP contribution in [0.2, 0.25) is 0 Å². The fraction of sp³-hybridized carbons (Fsp3) is 0.769. The summed E-state index contributed by atoms with van der Waals surface area (Å²) >= 11 is 0. The fourth-order valence-electron chi connectivity index (χ4n) is 1.83. The van der Waals surface area contributed by atoms with Crippen LogP contribution in [0, 0.1) is 5.92 Å². The van der Waals surface area contributed by atoms with Gasteiger partial charge in [-0.3, -0.25) is 10.1 Å². The summed E-state index contributed by atoms with van der Waals surface area (Å²) < 4.78 is 14.6. The van der Waals surface area contributed by atoms with Crippen LogP contribution in [0.4, 0.5) is 0 Å².